The number of guanidine groups is 2. The van der Waals surface area contributed by atoms with Crippen LogP contribution >= 0.6 is 23.5 Å². The van der Waals surface area contributed by atoms with Gasteiger partial charge in [0.2, 0.25) is 29.6 Å². The van der Waals surface area contributed by atoms with Crippen LogP contribution in [-0.2, 0) is 52.8 Å². The number of fused-ring (bicyclic) bond motifs is 4. The fourth-order valence-electron chi connectivity index (χ4n) is 11.7. The van der Waals surface area contributed by atoms with Gasteiger partial charge in [-0.25, -0.2) is 19.6 Å². The SMILES string of the molecule is CC(C)(C)OC(=O)NC1=NC2C(CSC2CCCCC(=O)NCCCCCC(=O)Cc2cc(CC(=O)CCCCCNC(=O)CCCCC3SCC4NC(NC(=O)OC(C)(C)C)=NC43)cc(C(=O)NCCC(=O)N3Cc4ccccc4C#Cc4ccccc43)c2)N1. The molecule has 3 aromatic carbocycles. The first-order valence-electron chi connectivity index (χ1n) is 32.5. The third kappa shape index (κ3) is 22.8. The number of alkyl carbamates (subject to hydrolysis) is 2. The number of nitrogens with one attached hydrogen (secondary N) is 7. The van der Waals surface area contributed by atoms with Gasteiger partial charge in [-0.2, -0.15) is 23.5 Å². The quantitative estimate of drug-likeness (QED) is 0.0242. The number of thioether (sulfide) groups is 2. The normalized spacial score (nSPS) is 19.4. The van der Waals surface area contributed by atoms with E-state index in [1.807, 2.05) is 120 Å². The number of ketones is 2. The molecule has 8 rings (SSSR count). The topological polar surface area (TPSA) is 267 Å². The van der Waals surface area contributed by atoms with E-state index in [1.54, 1.807) is 17.0 Å². The number of hydrogen-bond donors (Lipinski definition) is 7. The number of nitrogens with zero attached hydrogens (tertiary/aromatic N) is 3. The van der Waals surface area contributed by atoms with Gasteiger partial charge in [-0.1, -0.05) is 73.9 Å². The van der Waals surface area contributed by atoms with Crippen LogP contribution < -0.4 is 42.1 Å². The molecule has 6 unspecified atom stereocenters. The molecule has 490 valence electrons. The van der Waals surface area contributed by atoms with E-state index in [1.165, 1.54) is 0 Å². The molecule has 2 saturated heterocycles. The summed E-state index contributed by atoms with van der Waals surface area (Å²) in [5.74, 6) is 8.57. The maximum atomic E-state index is 14.0. The van der Waals surface area contributed by atoms with Crippen molar-refractivity contribution in [3.63, 3.8) is 0 Å². The summed E-state index contributed by atoms with van der Waals surface area (Å²) in [6.45, 7) is 12.3. The molecule has 0 spiro atoms. The van der Waals surface area contributed by atoms with Gasteiger partial charge in [-0.05, 0) is 140 Å². The molecule has 0 bridgehead atoms. The predicted octanol–water partition coefficient (Wildman–Crippen LogP) is 9.12. The molecule has 5 aliphatic heterocycles. The monoisotopic (exact) mass is 1280 g/mol. The number of Topliss-reactive ketones (excluding diaryl/α,β-unsaturated/α-hetero) is 2. The molecule has 0 aromatic heterocycles. The molecule has 91 heavy (non-hydrogen) atoms. The Labute approximate surface area is 544 Å². The number of rotatable bonds is 30. The molecule has 5 heterocycles. The molecule has 7 N–H and O–H groups in total. The van der Waals surface area contributed by atoms with E-state index in [4.69, 9.17) is 19.5 Å². The molecular formula is C69H92N10O10S2. The number of aliphatic imine (C=N–C) groups is 2. The Balaban J connectivity index is 0.746. The van der Waals surface area contributed by atoms with Crippen LogP contribution in [0.4, 0.5) is 15.3 Å². The van der Waals surface area contributed by atoms with Crippen LogP contribution in [0.1, 0.15) is 189 Å². The van der Waals surface area contributed by atoms with E-state index in [0.29, 0.717) is 103 Å². The van der Waals surface area contributed by atoms with Crippen molar-refractivity contribution < 1.29 is 47.8 Å². The van der Waals surface area contributed by atoms with Gasteiger partial charge in [-0.3, -0.25) is 39.4 Å². The summed E-state index contributed by atoms with van der Waals surface area (Å²) in [6.07, 6.45) is 10.0. The molecule has 6 amide bonds. The van der Waals surface area contributed by atoms with E-state index in [2.05, 4.69) is 49.1 Å². The second-order valence-corrected chi connectivity index (χ2v) is 28.7. The van der Waals surface area contributed by atoms with Crippen LogP contribution in [0.2, 0.25) is 0 Å². The minimum absolute atomic E-state index is 0.00158. The van der Waals surface area contributed by atoms with Crippen LogP contribution in [0.25, 0.3) is 0 Å². The zero-order chi connectivity index (χ0) is 64.9. The lowest BCUT2D eigenvalue weighted by atomic mass is 9.96. The molecule has 3 aromatic rings. The molecule has 0 radical (unpaired) electrons. The van der Waals surface area contributed by atoms with Crippen LogP contribution in [-0.4, -0.2) is 136 Å². The highest BCUT2D eigenvalue weighted by atomic mass is 32.2. The summed E-state index contributed by atoms with van der Waals surface area (Å²) in [4.78, 5) is 116. The van der Waals surface area contributed by atoms with Gasteiger partial charge in [0.25, 0.3) is 5.91 Å². The Morgan fingerprint density at radius 2 is 1.04 bits per heavy atom. The third-order valence-electron chi connectivity index (χ3n) is 16.1. The summed E-state index contributed by atoms with van der Waals surface area (Å²) in [6, 6.07) is 20.9. The van der Waals surface area contributed by atoms with Crippen molar-refractivity contribution in [2.75, 3.05) is 36.0 Å². The Morgan fingerprint density at radius 1 is 0.560 bits per heavy atom. The van der Waals surface area contributed by atoms with Gasteiger partial charge in [-0.15, -0.1) is 0 Å². The van der Waals surface area contributed by atoms with Gasteiger partial charge in [0.1, 0.15) is 22.8 Å². The summed E-state index contributed by atoms with van der Waals surface area (Å²) in [5, 5.41) is 21.6. The number of para-hydroxylation sites is 1. The lowest BCUT2D eigenvalue weighted by Crippen LogP contribution is -2.44. The van der Waals surface area contributed by atoms with Gasteiger partial charge in [0, 0.05) is 103 Å². The second kappa shape index (κ2) is 33.8. The van der Waals surface area contributed by atoms with Gasteiger partial charge in [0.15, 0.2) is 0 Å². The highest BCUT2D eigenvalue weighted by Crippen LogP contribution is 2.37. The average molecular weight is 1290 g/mol. The van der Waals surface area contributed by atoms with Gasteiger partial charge in [0.05, 0.1) is 36.4 Å². The number of carbonyl (C=O) groups is 8. The maximum Gasteiger partial charge on any atom is 0.414 e. The Kier molecular flexibility index (Phi) is 25.8. The van der Waals surface area contributed by atoms with Crippen LogP contribution in [0.15, 0.2) is 76.7 Å². The number of carbonyl (C=O) groups excluding carboxylic acids is 8. The first kappa shape index (κ1) is 69.5. The fraction of sp³-hybridized carbons (Fsp3) is 0.565. The number of benzene rings is 3. The van der Waals surface area contributed by atoms with Crippen LogP contribution in [0.3, 0.4) is 0 Å². The maximum absolute atomic E-state index is 14.0. The second-order valence-electron chi connectivity index (χ2n) is 26.1. The van der Waals surface area contributed by atoms with E-state index in [9.17, 15) is 38.4 Å². The molecule has 2 fully saturated rings. The number of anilines is 1. The lowest BCUT2D eigenvalue weighted by molar-refractivity contribution is -0.122. The molecule has 5 aliphatic rings. The van der Waals surface area contributed by atoms with Crippen molar-refractivity contribution in [1.82, 2.24) is 37.2 Å². The molecule has 20 nitrogen and oxygen atoms in total. The standard InChI is InChI=1S/C69H92N10O10S2/c1-68(2,3)88-66(86)77-64-73-53-43-90-56(61(53)75-64)27-15-17-29-58(82)70-34-19-7-9-24-51(80)40-45-37-46(39-50(38-45)63(85)72-36-33-60(84)79-42-49-23-12-11-21-47(49)31-32-48-22-13-14-26-55(48)79)41-52(81)25-10-8-20-35-71-59(83)30-18-16-28-57-62-54(44-91-57)74-65(76-62)78-67(87)89-69(4,5)6/h11-14,21-23,26,37-39,53-54,56-57,61-62H,7-10,15-20,24-25,27-30,33-36,40-44H2,1-6H3,(H,70,82)(H,71,83)(H,72,85)(H2,73,75,77,86)(H2,74,76,78,87). The number of unbranched alkanes of at least 4 members (excludes halogenated alkanes) is 6. The van der Waals surface area contributed by atoms with E-state index in [0.717, 1.165) is 92.4 Å². The van der Waals surface area contributed by atoms with Crippen LogP contribution in [0, 0.1) is 11.8 Å². The van der Waals surface area contributed by atoms with E-state index < -0.39 is 29.3 Å². The van der Waals surface area contributed by atoms with Gasteiger partial charge < -0.3 is 41.0 Å². The largest absolute Gasteiger partial charge is 0.444 e. The number of amides is 6. The summed E-state index contributed by atoms with van der Waals surface area (Å²) < 4.78 is 10.7. The third-order valence-corrected chi connectivity index (χ3v) is 19.1. The minimum atomic E-state index is -0.603. The zero-order valence-corrected chi connectivity index (χ0v) is 55.4. The Bertz CT molecular complexity index is 3090. The first-order chi connectivity index (χ1) is 43.6. The average Bonchev–Trinajstić information content (AvgIpc) is 1.82. The smallest absolute Gasteiger partial charge is 0.414 e. The number of hydrogen-bond acceptors (Lipinski definition) is 16. The zero-order valence-electron chi connectivity index (χ0n) is 53.7. The van der Waals surface area contributed by atoms with Crippen molar-refractivity contribution >= 4 is 88.5 Å². The highest BCUT2D eigenvalue weighted by Gasteiger charge is 2.43. The van der Waals surface area contributed by atoms with Crippen molar-refractivity contribution in [2.45, 2.75) is 216 Å². The van der Waals surface area contributed by atoms with Crippen molar-refractivity contribution in [1.29, 1.82) is 0 Å². The minimum Gasteiger partial charge on any atom is -0.444 e. The summed E-state index contributed by atoms with van der Waals surface area (Å²) in [5.41, 5.74) is 3.57. The molecule has 22 heteroatoms. The van der Waals surface area contributed by atoms with Crippen molar-refractivity contribution in [2.24, 2.45) is 9.98 Å². The Hall–Kier alpha value is -7.38. The van der Waals surface area contributed by atoms with Crippen molar-refractivity contribution in [3.05, 3.63) is 100 Å². The summed E-state index contributed by atoms with van der Waals surface area (Å²) in [7, 11) is 0. The molecule has 0 aliphatic carbocycles. The number of ether oxygens (including phenoxy) is 2. The lowest BCUT2D eigenvalue weighted by Gasteiger charge is -2.26. The summed E-state index contributed by atoms with van der Waals surface area (Å²) >= 11 is 3.74. The van der Waals surface area contributed by atoms with Crippen LogP contribution in [0.5, 0.6) is 0 Å². The van der Waals surface area contributed by atoms with E-state index in [-0.39, 0.29) is 79.3 Å². The van der Waals surface area contributed by atoms with Gasteiger partial charge >= 0.3 is 12.2 Å². The molecule has 6 atom stereocenters. The van der Waals surface area contributed by atoms with E-state index >= 15 is 0 Å². The fourth-order valence-corrected chi connectivity index (χ4v) is 14.8. The van der Waals surface area contributed by atoms with Crippen molar-refractivity contribution in [3.8, 4) is 11.8 Å². The molecular weight excluding hydrogens is 1190 g/mol. The first-order valence-corrected chi connectivity index (χ1v) is 34.6. The highest BCUT2D eigenvalue weighted by molar-refractivity contribution is 8.00. The molecule has 0 saturated carbocycles. The Morgan fingerprint density at radius 3 is 1.57 bits per heavy atom. The predicted molar refractivity (Wildman–Crippen MR) is 358 cm³/mol.